The molecule has 2 aliphatic rings. The summed E-state index contributed by atoms with van der Waals surface area (Å²) in [7, 11) is 0. The standard InChI is InChI=1S/C21H21FN6O4/c1-11-24-10-25-28(11)15-7-13(22)6-5-12(15)8-23-20(30)17-18(29)21(31)27-9-14-3-2-4-16(32-14)19(27)26-17/h5-7,10,14,16,29H,2-4,8-9H2,1H3,(H,23,30)/t14-,16+/m0/s1. The topological polar surface area (TPSA) is 124 Å². The van der Waals surface area contributed by atoms with Gasteiger partial charge in [0.1, 0.15) is 29.9 Å². The number of ether oxygens (including phenoxy) is 1. The van der Waals surface area contributed by atoms with E-state index < -0.39 is 23.0 Å². The van der Waals surface area contributed by atoms with Crippen LogP contribution in [0.3, 0.4) is 0 Å². The van der Waals surface area contributed by atoms with Crippen LogP contribution in [0.5, 0.6) is 5.75 Å². The van der Waals surface area contributed by atoms with E-state index in [2.05, 4.69) is 20.4 Å². The maximum atomic E-state index is 13.9. The van der Waals surface area contributed by atoms with Crippen molar-refractivity contribution in [3.8, 4) is 11.4 Å². The average molecular weight is 440 g/mol. The number of fused-ring (bicyclic) bond motifs is 4. The summed E-state index contributed by atoms with van der Waals surface area (Å²) in [5.74, 6) is -0.965. The van der Waals surface area contributed by atoms with Gasteiger partial charge in [0.2, 0.25) is 5.75 Å². The number of carbonyl (C=O) groups is 1. The van der Waals surface area contributed by atoms with E-state index in [1.54, 1.807) is 6.92 Å². The van der Waals surface area contributed by atoms with Crippen LogP contribution in [0.15, 0.2) is 29.3 Å². The molecular weight excluding hydrogens is 419 g/mol. The molecule has 1 aromatic carbocycles. The van der Waals surface area contributed by atoms with Crippen LogP contribution in [0.2, 0.25) is 0 Å². The molecule has 2 aliphatic heterocycles. The summed E-state index contributed by atoms with van der Waals surface area (Å²) in [6.07, 6.45) is 3.38. The highest BCUT2D eigenvalue weighted by atomic mass is 19.1. The lowest BCUT2D eigenvalue weighted by molar-refractivity contribution is -0.0860. The van der Waals surface area contributed by atoms with E-state index in [9.17, 15) is 19.1 Å². The van der Waals surface area contributed by atoms with Crippen LogP contribution in [0, 0.1) is 12.7 Å². The molecule has 0 spiro atoms. The van der Waals surface area contributed by atoms with E-state index in [4.69, 9.17) is 4.74 Å². The largest absolute Gasteiger partial charge is 0.501 e. The molecule has 11 heteroatoms. The third kappa shape index (κ3) is 3.44. The molecule has 1 saturated heterocycles. The predicted molar refractivity (Wildman–Crippen MR) is 109 cm³/mol. The molecule has 3 aromatic rings. The summed E-state index contributed by atoms with van der Waals surface area (Å²) < 4.78 is 22.6. The van der Waals surface area contributed by atoms with Gasteiger partial charge in [0.05, 0.1) is 18.3 Å². The number of aromatic hydroxyl groups is 1. The van der Waals surface area contributed by atoms with Crippen molar-refractivity contribution in [3.63, 3.8) is 0 Å². The van der Waals surface area contributed by atoms with Crippen molar-refractivity contribution >= 4 is 5.91 Å². The minimum Gasteiger partial charge on any atom is -0.501 e. The van der Waals surface area contributed by atoms with Crippen molar-refractivity contribution in [2.75, 3.05) is 0 Å². The van der Waals surface area contributed by atoms with Crippen LogP contribution in [0.1, 0.15) is 53.1 Å². The molecule has 0 saturated carbocycles. The van der Waals surface area contributed by atoms with Gasteiger partial charge in [-0.15, -0.1) is 0 Å². The van der Waals surface area contributed by atoms with E-state index in [0.717, 1.165) is 12.8 Å². The average Bonchev–Trinajstić information content (AvgIpc) is 3.21. The predicted octanol–water partition coefficient (Wildman–Crippen LogP) is 1.53. The van der Waals surface area contributed by atoms with Crippen molar-refractivity contribution in [2.24, 2.45) is 0 Å². The van der Waals surface area contributed by atoms with Crippen molar-refractivity contribution in [3.05, 3.63) is 63.6 Å². The maximum absolute atomic E-state index is 13.9. The number of benzene rings is 1. The molecule has 2 N–H and O–H groups in total. The monoisotopic (exact) mass is 440 g/mol. The summed E-state index contributed by atoms with van der Waals surface area (Å²) in [4.78, 5) is 33.9. The van der Waals surface area contributed by atoms with Crippen molar-refractivity contribution in [1.29, 1.82) is 0 Å². The zero-order valence-electron chi connectivity index (χ0n) is 17.3. The highest BCUT2D eigenvalue weighted by Crippen LogP contribution is 2.35. The second kappa shape index (κ2) is 7.83. The number of amides is 1. The van der Waals surface area contributed by atoms with Crippen LogP contribution in [0.4, 0.5) is 4.39 Å². The van der Waals surface area contributed by atoms with Crippen LogP contribution in [0.25, 0.3) is 5.69 Å². The summed E-state index contributed by atoms with van der Waals surface area (Å²) in [5, 5.41) is 17.1. The van der Waals surface area contributed by atoms with E-state index >= 15 is 0 Å². The Morgan fingerprint density at radius 1 is 1.38 bits per heavy atom. The fraction of sp³-hybridized carbons (Fsp3) is 0.381. The molecular formula is C21H21FN6O4. The van der Waals surface area contributed by atoms with Gasteiger partial charge in [0.15, 0.2) is 5.69 Å². The summed E-state index contributed by atoms with van der Waals surface area (Å²) in [6.45, 7) is 2.03. The molecule has 2 atom stereocenters. The van der Waals surface area contributed by atoms with Crippen LogP contribution in [-0.2, 0) is 17.8 Å². The molecule has 0 aliphatic carbocycles. The molecule has 0 radical (unpaired) electrons. The Balaban J connectivity index is 1.43. The Bertz CT molecular complexity index is 1270. The Kier molecular flexibility index (Phi) is 4.97. The summed E-state index contributed by atoms with van der Waals surface area (Å²) >= 11 is 0. The smallest absolute Gasteiger partial charge is 0.296 e. The second-order valence-electron chi connectivity index (χ2n) is 7.94. The Morgan fingerprint density at radius 2 is 2.22 bits per heavy atom. The molecule has 2 aromatic heterocycles. The minimum absolute atomic E-state index is 0.00468. The van der Waals surface area contributed by atoms with Crippen LogP contribution >= 0.6 is 0 Å². The summed E-state index contributed by atoms with van der Waals surface area (Å²) in [5.41, 5.74) is -0.0128. The van der Waals surface area contributed by atoms with Crippen molar-refractivity contribution < 1.29 is 19.0 Å². The highest BCUT2D eigenvalue weighted by Gasteiger charge is 2.35. The molecule has 1 amide bonds. The van der Waals surface area contributed by atoms with Gasteiger partial charge in [-0.25, -0.2) is 19.0 Å². The molecule has 166 valence electrons. The van der Waals surface area contributed by atoms with Crippen LogP contribution in [-0.4, -0.2) is 41.4 Å². The van der Waals surface area contributed by atoms with Gasteiger partial charge in [0, 0.05) is 6.54 Å². The Labute approximate surface area is 181 Å². The second-order valence-corrected chi connectivity index (χ2v) is 7.94. The highest BCUT2D eigenvalue weighted by molar-refractivity contribution is 5.94. The summed E-state index contributed by atoms with van der Waals surface area (Å²) in [6, 6.07) is 4.09. The zero-order chi connectivity index (χ0) is 22.4. The normalized spacial score (nSPS) is 19.4. The Morgan fingerprint density at radius 3 is 3.00 bits per heavy atom. The van der Waals surface area contributed by atoms with E-state index in [1.807, 2.05) is 0 Å². The number of carbonyl (C=O) groups excluding carboxylic acids is 1. The fourth-order valence-electron chi connectivity index (χ4n) is 4.25. The first-order chi connectivity index (χ1) is 15.4. The number of nitrogens with one attached hydrogen (secondary N) is 1. The van der Waals surface area contributed by atoms with Gasteiger partial charge >= 0.3 is 0 Å². The maximum Gasteiger partial charge on any atom is 0.296 e. The third-order valence-electron chi connectivity index (χ3n) is 5.85. The van der Waals surface area contributed by atoms with Crippen LogP contribution < -0.4 is 10.9 Å². The molecule has 1 fully saturated rings. The quantitative estimate of drug-likeness (QED) is 0.630. The molecule has 4 heterocycles. The van der Waals surface area contributed by atoms with Gasteiger partial charge < -0.3 is 15.2 Å². The number of halogens is 1. The van der Waals surface area contributed by atoms with E-state index in [1.165, 1.54) is 33.8 Å². The van der Waals surface area contributed by atoms with Crippen molar-refractivity contribution in [2.45, 2.75) is 51.5 Å². The lowest BCUT2D eigenvalue weighted by Crippen LogP contribution is -2.42. The molecule has 32 heavy (non-hydrogen) atoms. The number of nitrogens with zero attached hydrogens (tertiary/aromatic N) is 5. The van der Waals surface area contributed by atoms with Gasteiger partial charge in [-0.3, -0.25) is 14.2 Å². The zero-order valence-corrected chi connectivity index (χ0v) is 17.3. The number of aromatic nitrogens is 5. The lowest BCUT2D eigenvalue weighted by atomic mass is 10.00. The first-order valence-corrected chi connectivity index (χ1v) is 10.3. The molecule has 5 rings (SSSR count). The van der Waals surface area contributed by atoms with E-state index in [0.29, 0.717) is 35.9 Å². The van der Waals surface area contributed by atoms with Gasteiger partial charge in [-0.05, 0) is 43.9 Å². The van der Waals surface area contributed by atoms with Crippen molar-refractivity contribution in [1.82, 2.24) is 29.6 Å². The number of aryl methyl sites for hydroxylation is 1. The molecule has 2 bridgehead atoms. The minimum atomic E-state index is -0.716. The lowest BCUT2D eigenvalue weighted by Gasteiger charge is -2.36. The number of hydrogen-bond donors (Lipinski definition) is 2. The SMILES string of the molecule is Cc1ncnn1-c1cc(F)ccc1CNC(=O)c1nc2n(c(=O)c1O)C[C@@H]1CCC[C@H]2O1. The molecule has 10 nitrogen and oxygen atoms in total. The fourth-order valence-corrected chi connectivity index (χ4v) is 4.25. The Hall–Kier alpha value is -3.60. The third-order valence-corrected chi connectivity index (χ3v) is 5.85. The van der Waals surface area contributed by atoms with Gasteiger partial charge in [-0.2, -0.15) is 5.10 Å². The number of rotatable bonds is 4. The van der Waals surface area contributed by atoms with Gasteiger partial charge in [-0.1, -0.05) is 6.07 Å². The first kappa shape index (κ1) is 20.3. The molecule has 0 unspecified atom stereocenters. The number of hydrogen-bond acceptors (Lipinski definition) is 7. The van der Waals surface area contributed by atoms with E-state index in [-0.39, 0.29) is 24.4 Å². The first-order valence-electron chi connectivity index (χ1n) is 10.3. The van der Waals surface area contributed by atoms with Gasteiger partial charge in [0.25, 0.3) is 11.5 Å².